The molecule has 4 atom stereocenters. The van der Waals surface area contributed by atoms with Crippen molar-refractivity contribution in [3.8, 4) is 22.5 Å². The van der Waals surface area contributed by atoms with Crippen molar-refractivity contribution in [1.29, 1.82) is 0 Å². The van der Waals surface area contributed by atoms with Crippen LogP contribution in [-0.4, -0.2) is 99.0 Å². The second-order valence-electron chi connectivity index (χ2n) is 16.2. The van der Waals surface area contributed by atoms with E-state index in [1.165, 1.54) is 14.2 Å². The number of carbonyl (C=O) groups is 5. The van der Waals surface area contributed by atoms with Gasteiger partial charge in [-0.05, 0) is 85.3 Å². The Kier molecular flexibility index (Phi) is 12.1. The molecular weight excluding hydrogens is 755 g/mol. The smallest absolute Gasteiger partial charge is 0.407 e. The van der Waals surface area contributed by atoms with E-state index in [1.54, 1.807) is 22.2 Å². The molecule has 0 saturated carbocycles. The topological polar surface area (TPSA) is 204 Å². The number of hydrogen-bond acceptors (Lipinski definition) is 9. The van der Waals surface area contributed by atoms with Crippen molar-refractivity contribution >= 4 is 35.6 Å². The minimum atomic E-state index is -0.728. The normalized spacial score (nSPS) is 18.7. The Bertz CT molecular complexity index is 2230. The highest BCUT2D eigenvalue weighted by Crippen LogP contribution is 2.36. The molecule has 0 unspecified atom stereocenters. The molecule has 0 spiro atoms. The molecule has 0 radical (unpaired) electrons. The third-order valence-electron chi connectivity index (χ3n) is 11.7. The van der Waals surface area contributed by atoms with Crippen molar-refractivity contribution in [3.05, 3.63) is 77.1 Å². The number of aromatic nitrogens is 4. The lowest BCUT2D eigenvalue weighted by atomic mass is 9.93. The van der Waals surface area contributed by atoms with Gasteiger partial charge in [-0.15, -0.1) is 0 Å². The fourth-order valence-corrected chi connectivity index (χ4v) is 8.41. The van der Waals surface area contributed by atoms with Gasteiger partial charge in [-0.2, -0.15) is 0 Å². The van der Waals surface area contributed by atoms with E-state index >= 15 is 0 Å². The first kappa shape index (κ1) is 41.0. The lowest BCUT2D eigenvalue weighted by Gasteiger charge is -2.30. The standard InChI is InChI=1S/C43H53N9O7/c1-23(2)35(49-42(56)58-5)40(54)51-17-7-9-33(51)37-44-21-31(46-37)27-15-16-30-26(19-27)13-11-25-12-14-28(20-29(25)39(53)48-30)32-22-45-38(47-32)34-10-8-18-52(34)41(55)36(24(3)4)50-43(57)59-6/h12,14-16,19-24,33-36H,7-11,13,17-18H2,1-6H3,(H,44,46)(H,45,47)(H,48,53)(H,49,56)(H,50,57)/t33-,34-,35-,36-/m0/s1. The van der Waals surface area contributed by atoms with Gasteiger partial charge in [0.2, 0.25) is 11.8 Å². The van der Waals surface area contributed by atoms with Gasteiger partial charge in [-0.25, -0.2) is 19.6 Å². The Morgan fingerprint density at radius 3 is 1.71 bits per heavy atom. The number of carbonyl (C=O) groups excluding carboxylic acids is 5. The molecule has 3 aliphatic heterocycles. The first-order valence-electron chi connectivity index (χ1n) is 20.3. The van der Waals surface area contributed by atoms with Gasteiger partial charge in [-0.1, -0.05) is 45.9 Å². The molecule has 4 aromatic rings. The van der Waals surface area contributed by atoms with Gasteiger partial charge in [0.1, 0.15) is 23.7 Å². The molecular formula is C43H53N9O7. The number of aryl methyl sites for hydroxylation is 2. The fourth-order valence-electron chi connectivity index (χ4n) is 8.41. The van der Waals surface area contributed by atoms with Gasteiger partial charge in [-0.3, -0.25) is 14.4 Å². The fraction of sp³-hybridized carbons (Fsp3) is 0.465. The molecule has 2 fully saturated rings. The maximum atomic E-state index is 13.8. The third kappa shape index (κ3) is 8.52. The zero-order valence-electron chi connectivity index (χ0n) is 34.4. The van der Waals surface area contributed by atoms with Crippen LogP contribution in [0.3, 0.4) is 0 Å². The average molecular weight is 808 g/mol. The van der Waals surface area contributed by atoms with Crippen molar-refractivity contribution in [2.24, 2.45) is 11.8 Å². The molecule has 0 bridgehead atoms. The molecule has 2 aromatic carbocycles. The summed E-state index contributed by atoms with van der Waals surface area (Å²) in [6, 6.07) is 9.79. The molecule has 2 saturated heterocycles. The Hall–Kier alpha value is -6.19. The summed E-state index contributed by atoms with van der Waals surface area (Å²) in [7, 11) is 2.55. The van der Waals surface area contributed by atoms with E-state index in [-0.39, 0.29) is 41.6 Å². The monoisotopic (exact) mass is 807 g/mol. The van der Waals surface area contributed by atoms with Crippen molar-refractivity contribution < 1.29 is 33.4 Å². The second kappa shape index (κ2) is 17.3. The van der Waals surface area contributed by atoms with E-state index in [9.17, 15) is 24.0 Å². The lowest BCUT2D eigenvalue weighted by molar-refractivity contribution is -0.136. The van der Waals surface area contributed by atoms with Crippen LogP contribution in [0.1, 0.15) is 98.6 Å². The molecule has 16 nitrogen and oxygen atoms in total. The summed E-state index contributed by atoms with van der Waals surface area (Å²) in [4.78, 5) is 84.8. The number of nitrogens with zero attached hydrogens (tertiary/aromatic N) is 4. The molecule has 5 amide bonds. The molecule has 16 heteroatoms. The molecule has 312 valence electrons. The molecule has 5 heterocycles. The number of fused-ring (bicyclic) bond motifs is 2. The zero-order chi connectivity index (χ0) is 42.0. The molecule has 2 aromatic heterocycles. The second-order valence-corrected chi connectivity index (χ2v) is 16.2. The van der Waals surface area contributed by atoms with Gasteiger partial charge < -0.3 is 45.2 Å². The van der Waals surface area contributed by atoms with E-state index < -0.39 is 24.3 Å². The van der Waals surface area contributed by atoms with Gasteiger partial charge in [0.25, 0.3) is 5.91 Å². The van der Waals surface area contributed by atoms with E-state index in [0.29, 0.717) is 43.1 Å². The molecule has 7 rings (SSSR count). The van der Waals surface area contributed by atoms with Crippen LogP contribution in [0.4, 0.5) is 15.3 Å². The molecule has 5 N–H and O–H groups in total. The zero-order valence-corrected chi connectivity index (χ0v) is 34.4. The van der Waals surface area contributed by atoms with Crippen LogP contribution in [0.15, 0.2) is 48.8 Å². The number of methoxy groups -OCH3 is 2. The van der Waals surface area contributed by atoms with Gasteiger partial charge in [0, 0.05) is 29.9 Å². The van der Waals surface area contributed by atoms with Crippen molar-refractivity contribution in [1.82, 2.24) is 40.4 Å². The Morgan fingerprint density at radius 1 is 0.712 bits per heavy atom. The van der Waals surface area contributed by atoms with Crippen molar-refractivity contribution in [2.45, 2.75) is 90.4 Å². The SMILES string of the molecule is COC(=O)N[C@H](C(=O)N1CCC[C@H]1c1ncc(-c2ccc3c(c2)CCc2ccc(-c4cnc([C@@H]5CCCN5C(=O)[C@@H](NC(=O)OC)C(C)C)[nH]4)cc2C(=O)N3)[nH]1)C(C)C. The third-order valence-corrected chi connectivity index (χ3v) is 11.7. The maximum Gasteiger partial charge on any atom is 0.407 e. The van der Waals surface area contributed by atoms with Crippen LogP contribution in [0.25, 0.3) is 22.5 Å². The van der Waals surface area contributed by atoms with E-state index in [0.717, 1.165) is 65.0 Å². The number of aromatic amines is 2. The van der Waals surface area contributed by atoms with Gasteiger partial charge in [0.15, 0.2) is 0 Å². The average Bonchev–Trinajstić information content (AvgIpc) is 4.07. The number of H-pyrrole nitrogens is 2. The van der Waals surface area contributed by atoms with E-state index in [1.807, 2.05) is 58.0 Å². The summed E-state index contributed by atoms with van der Waals surface area (Å²) >= 11 is 0. The summed E-state index contributed by atoms with van der Waals surface area (Å²) in [5, 5.41) is 8.50. The predicted octanol–water partition coefficient (Wildman–Crippen LogP) is 5.91. The Balaban J connectivity index is 1.04. The van der Waals surface area contributed by atoms with Crippen molar-refractivity contribution in [3.63, 3.8) is 0 Å². The molecule has 59 heavy (non-hydrogen) atoms. The summed E-state index contributed by atoms with van der Waals surface area (Å²) in [5.41, 5.74) is 6.47. The number of anilines is 1. The largest absolute Gasteiger partial charge is 0.453 e. The quantitative estimate of drug-likeness (QED) is 0.129. The highest BCUT2D eigenvalue weighted by molar-refractivity contribution is 6.07. The van der Waals surface area contributed by atoms with Gasteiger partial charge in [0.05, 0.1) is 50.1 Å². The first-order chi connectivity index (χ1) is 28.4. The molecule has 3 aliphatic rings. The van der Waals surface area contributed by atoms with Crippen LogP contribution in [0, 0.1) is 11.8 Å². The number of benzene rings is 2. The van der Waals surface area contributed by atoms with Crippen LogP contribution >= 0.6 is 0 Å². The Morgan fingerprint density at radius 2 is 1.20 bits per heavy atom. The number of ether oxygens (including phenoxy) is 2. The number of imidazole rings is 2. The Labute approximate surface area is 343 Å². The predicted molar refractivity (Wildman–Crippen MR) is 219 cm³/mol. The summed E-state index contributed by atoms with van der Waals surface area (Å²) < 4.78 is 9.52. The van der Waals surface area contributed by atoms with Crippen LogP contribution in [-0.2, 0) is 31.9 Å². The van der Waals surface area contributed by atoms with Gasteiger partial charge >= 0.3 is 12.2 Å². The minimum Gasteiger partial charge on any atom is -0.453 e. The summed E-state index contributed by atoms with van der Waals surface area (Å²) in [5.74, 6) is 0.509. The maximum absolute atomic E-state index is 13.8. The number of hydrogen-bond donors (Lipinski definition) is 5. The van der Waals surface area contributed by atoms with Crippen LogP contribution in [0.5, 0.6) is 0 Å². The number of amides is 5. The highest BCUT2D eigenvalue weighted by atomic mass is 16.5. The first-order valence-corrected chi connectivity index (χ1v) is 20.3. The number of likely N-dealkylation sites (tertiary alicyclic amines) is 2. The van der Waals surface area contributed by atoms with Crippen LogP contribution in [0.2, 0.25) is 0 Å². The van der Waals surface area contributed by atoms with E-state index in [2.05, 4.69) is 37.0 Å². The summed E-state index contributed by atoms with van der Waals surface area (Å²) in [6.07, 6.45) is 6.65. The highest BCUT2D eigenvalue weighted by Gasteiger charge is 2.39. The number of alkyl carbamates (subject to hydrolysis) is 2. The van der Waals surface area contributed by atoms with Crippen molar-refractivity contribution in [2.75, 3.05) is 32.6 Å². The summed E-state index contributed by atoms with van der Waals surface area (Å²) in [6.45, 7) is 8.66. The molecule has 0 aliphatic carbocycles. The number of rotatable bonds is 10. The minimum absolute atomic E-state index is 0.130. The number of nitrogens with one attached hydrogen (secondary N) is 5. The van der Waals surface area contributed by atoms with E-state index in [4.69, 9.17) is 14.5 Å². The lowest BCUT2D eigenvalue weighted by Crippen LogP contribution is -2.51. The van der Waals surface area contributed by atoms with Crippen LogP contribution < -0.4 is 16.0 Å².